The Morgan fingerprint density at radius 1 is 1.34 bits per heavy atom. The van der Waals surface area contributed by atoms with Crippen molar-refractivity contribution in [2.75, 3.05) is 12.4 Å². The van der Waals surface area contributed by atoms with Crippen molar-refractivity contribution >= 4 is 56.9 Å². The fourth-order valence-corrected chi connectivity index (χ4v) is 6.14. The molecule has 6 nitrogen and oxygen atoms in total. The first-order chi connectivity index (χ1) is 13.8. The van der Waals surface area contributed by atoms with Crippen molar-refractivity contribution in [3.63, 3.8) is 0 Å². The lowest BCUT2D eigenvalue weighted by molar-refractivity contribution is 0.0600. The maximum Gasteiger partial charge on any atom is 0.341 e. The van der Waals surface area contributed by atoms with Crippen LogP contribution in [-0.4, -0.2) is 24.1 Å². The van der Waals surface area contributed by atoms with Gasteiger partial charge in [0, 0.05) is 15.1 Å². The van der Waals surface area contributed by atoms with Crippen molar-refractivity contribution < 1.29 is 14.3 Å². The van der Waals surface area contributed by atoms with Crippen LogP contribution in [0.5, 0.6) is 0 Å². The summed E-state index contributed by atoms with van der Waals surface area (Å²) in [5.74, 6) is -0.0127. The van der Waals surface area contributed by atoms with Gasteiger partial charge < -0.3 is 10.1 Å². The van der Waals surface area contributed by atoms with Gasteiger partial charge in [-0.15, -0.1) is 22.7 Å². The molecule has 0 spiro atoms. The van der Waals surface area contributed by atoms with Crippen LogP contribution >= 0.6 is 34.9 Å². The van der Waals surface area contributed by atoms with E-state index in [0.29, 0.717) is 22.0 Å². The Morgan fingerprint density at radius 3 is 2.79 bits per heavy atom. The summed E-state index contributed by atoms with van der Waals surface area (Å²) in [6.07, 6.45) is 3.64. The van der Waals surface area contributed by atoms with E-state index in [1.807, 2.05) is 19.2 Å². The van der Waals surface area contributed by atoms with E-state index in [4.69, 9.17) is 17.0 Å². The van der Waals surface area contributed by atoms with Crippen molar-refractivity contribution in [2.24, 2.45) is 5.92 Å². The van der Waals surface area contributed by atoms with Crippen LogP contribution in [0, 0.1) is 12.8 Å². The molecule has 0 radical (unpaired) electrons. The zero-order chi connectivity index (χ0) is 21.1. The summed E-state index contributed by atoms with van der Waals surface area (Å²) >= 11 is 8.42. The number of carbonyl (C=O) groups is 2. The van der Waals surface area contributed by atoms with Gasteiger partial charge in [0.05, 0.1) is 18.2 Å². The third kappa shape index (κ3) is 4.62. The van der Waals surface area contributed by atoms with Gasteiger partial charge in [0.2, 0.25) is 0 Å². The molecule has 0 fully saturated rings. The molecule has 0 saturated heterocycles. The Hall–Kier alpha value is -1.97. The van der Waals surface area contributed by atoms with Gasteiger partial charge in [-0.25, -0.2) is 4.79 Å². The molecular weight excluding hydrogens is 426 g/mol. The van der Waals surface area contributed by atoms with Gasteiger partial charge in [-0.05, 0) is 61.9 Å². The van der Waals surface area contributed by atoms with Gasteiger partial charge in [-0.3, -0.25) is 15.6 Å². The summed E-state index contributed by atoms with van der Waals surface area (Å²) in [6, 6.07) is 0. The molecule has 3 rings (SSSR count). The van der Waals surface area contributed by atoms with Crippen molar-refractivity contribution in [1.82, 2.24) is 10.9 Å². The van der Waals surface area contributed by atoms with Gasteiger partial charge >= 0.3 is 5.97 Å². The number of anilines is 1. The van der Waals surface area contributed by atoms with Crippen LogP contribution in [0.1, 0.15) is 61.9 Å². The monoisotopic (exact) mass is 451 g/mol. The van der Waals surface area contributed by atoms with Crippen molar-refractivity contribution in [3.8, 4) is 0 Å². The highest BCUT2D eigenvalue weighted by Gasteiger charge is 2.28. The van der Waals surface area contributed by atoms with Crippen LogP contribution in [0.4, 0.5) is 5.00 Å². The van der Waals surface area contributed by atoms with Crippen molar-refractivity contribution in [3.05, 3.63) is 37.4 Å². The van der Waals surface area contributed by atoms with E-state index < -0.39 is 0 Å². The van der Waals surface area contributed by atoms with Gasteiger partial charge in [-0.1, -0.05) is 13.8 Å². The summed E-state index contributed by atoms with van der Waals surface area (Å²) in [7, 11) is 1.38. The SMILES string of the molecule is CCc1c(C(=O)NNC(=S)Nc2sc3c(c2C(=O)OC)CC[C@@H](C)C3)csc1C. The molecule has 1 aliphatic rings. The molecule has 1 amide bonds. The second kappa shape index (κ2) is 9.23. The van der Waals surface area contributed by atoms with E-state index in [1.165, 1.54) is 23.3 Å². The fraction of sp³-hybridized carbons (Fsp3) is 0.450. The topological polar surface area (TPSA) is 79.5 Å². The number of ether oxygens (including phenoxy) is 1. The number of rotatable bonds is 4. The number of carbonyl (C=O) groups excluding carboxylic acids is 2. The Balaban J connectivity index is 1.70. The van der Waals surface area contributed by atoms with E-state index >= 15 is 0 Å². The molecule has 29 heavy (non-hydrogen) atoms. The van der Waals surface area contributed by atoms with Crippen LogP contribution in [0.3, 0.4) is 0 Å². The molecule has 2 heterocycles. The highest BCUT2D eigenvalue weighted by Crippen LogP contribution is 2.40. The number of fused-ring (bicyclic) bond motifs is 1. The van der Waals surface area contributed by atoms with Crippen LogP contribution in [-0.2, 0) is 24.0 Å². The Labute approximate surface area is 184 Å². The Kier molecular flexibility index (Phi) is 6.92. The lowest BCUT2D eigenvalue weighted by atomic mass is 9.88. The number of nitrogens with one attached hydrogen (secondary N) is 3. The molecule has 0 saturated carbocycles. The number of amides is 1. The minimum Gasteiger partial charge on any atom is -0.465 e. The van der Waals surface area contributed by atoms with Gasteiger partial charge in [0.25, 0.3) is 5.91 Å². The first-order valence-corrected chi connectivity index (χ1v) is 11.6. The molecule has 3 N–H and O–H groups in total. The molecule has 0 bridgehead atoms. The number of methoxy groups -OCH3 is 1. The number of thiocarbonyl (C=S) groups is 1. The lowest BCUT2D eigenvalue weighted by Gasteiger charge is -2.18. The van der Waals surface area contributed by atoms with E-state index in [0.717, 1.165) is 41.7 Å². The quantitative estimate of drug-likeness (QED) is 0.367. The molecular formula is C20H25N3O3S3. The third-order valence-electron chi connectivity index (χ3n) is 5.12. The van der Waals surface area contributed by atoms with Crippen LogP contribution < -0.4 is 16.2 Å². The Bertz CT molecular complexity index is 948. The van der Waals surface area contributed by atoms with Crippen LogP contribution in [0.2, 0.25) is 0 Å². The number of aryl methyl sites for hydroxylation is 1. The minimum atomic E-state index is -0.368. The van der Waals surface area contributed by atoms with Crippen LogP contribution in [0.25, 0.3) is 0 Å². The summed E-state index contributed by atoms with van der Waals surface area (Å²) in [5.41, 5.74) is 8.68. The standard InChI is InChI=1S/C20H25N3O3S3/c1-5-12-11(3)28-9-14(12)17(24)22-23-20(27)21-18-16(19(25)26-4)13-7-6-10(2)8-15(13)29-18/h9-10H,5-8H2,1-4H3,(H,22,24)(H2,21,23,27)/t10-/m1/s1. The molecule has 0 aliphatic heterocycles. The highest BCUT2D eigenvalue weighted by atomic mass is 32.1. The first kappa shape index (κ1) is 21.7. The first-order valence-electron chi connectivity index (χ1n) is 9.52. The second-order valence-corrected chi connectivity index (χ2v) is 9.72. The summed E-state index contributed by atoms with van der Waals surface area (Å²) < 4.78 is 4.99. The average molecular weight is 452 g/mol. The summed E-state index contributed by atoms with van der Waals surface area (Å²) in [6.45, 7) is 6.25. The van der Waals surface area contributed by atoms with Crippen LogP contribution in [0.15, 0.2) is 5.38 Å². The Morgan fingerprint density at radius 2 is 2.10 bits per heavy atom. The second-order valence-electron chi connectivity index (χ2n) is 7.12. The van der Waals surface area contributed by atoms with Crippen molar-refractivity contribution in [1.29, 1.82) is 0 Å². The highest BCUT2D eigenvalue weighted by molar-refractivity contribution is 7.80. The molecule has 2 aromatic rings. The van der Waals surface area contributed by atoms with E-state index in [1.54, 1.807) is 11.3 Å². The average Bonchev–Trinajstić information content (AvgIpc) is 3.24. The minimum absolute atomic E-state index is 0.222. The number of esters is 1. The molecule has 1 atom stereocenters. The fourth-order valence-electron chi connectivity index (χ4n) is 3.58. The lowest BCUT2D eigenvalue weighted by Crippen LogP contribution is -2.44. The normalized spacial score (nSPS) is 15.4. The molecule has 2 aromatic heterocycles. The number of hydrogen-bond donors (Lipinski definition) is 3. The van der Waals surface area contributed by atoms with E-state index in [-0.39, 0.29) is 17.0 Å². The summed E-state index contributed by atoms with van der Waals surface area (Å²) in [4.78, 5) is 27.2. The third-order valence-corrected chi connectivity index (χ3v) is 7.45. The molecule has 1 aliphatic carbocycles. The van der Waals surface area contributed by atoms with Gasteiger partial charge in [0.1, 0.15) is 5.00 Å². The smallest absolute Gasteiger partial charge is 0.341 e. The predicted octanol–water partition coefficient (Wildman–Crippen LogP) is 4.22. The molecule has 9 heteroatoms. The van der Waals surface area contributed by atoms with E-state index in [2.05, 4.69) is 23.1 Å². The maximum absolute atomic E-state index is 12.5. The number of hydrogen-bond acceptors (Lipinski definition) is 6. The largest absolute Gasteiger partial charge is 0.465 e. The molecule has 0 aromatic carbocycles. The number of hydrazine groups is 1. The zero-order valence-electron chi connectivity index (χ0n) is 16.9. The van der Waals surface area contributed by atoms with Gasteiger partial charge in [-0.2, -0.15) is 0 Å². The molecule has 156 valence electrons. The van der Waals surface area contributed by atoms with Crippen molar-refractivity contribution in [2.45, 2.75) is 46.5 Å². The molecule has 0 unspecified atom stereocenters. The summed E-state index contributed by atoms with van der Waals surface area (Å²) in [5, 5.41) is 5.80. The van der Waals surface area contributed by atoms with Gasteiger partial charge in [0.15, 0.2) is 5.11 Å². The van der Waals surface area contributed by atoms with E-state index in [9.17, 15) is 9.59 Å². The predicted molar refractivity (Wildman–Crippen MR) is 122 cm³/mol. The number of thiophene rings is 2. The zero-order valence-corrected chi connectivity index (χ0v) is 19.4. The maximum atomic E-state index is 12.5.